The number of carbonyl (C=O) groups excluding carboxylic acids is 1. The second-order valence-electron chi connectivity index (χ2n) is 4.83. The van der Waals surface area contributed by atoms with Crippen LogP contribution in [0, 0.1) is 10.1 Å². The number of amides is 1. The molecule has 2 N–H and O–H groups in total. The number of nitrogens with one attached hydrogen (secondary N) is 2. The van der Waals surface area contributed by atoms with Crippen molar-refractivity contribution >= 4 is 23.2 Å². The van der Waals surface area contributed by atoms with Crippen molar-refractivity contribution in [3.63, 3.8) is 0 Å². The molecule has 2 aromatic rings. The van der Waals surface area contributed by atoms with Crippen molar-refractivity contribution in [2.45, 2.75) is 0 Å². The molecule has 126 valence electrons. The van der Waals surface area contributed by atoms with Gasteiger partial charge in [0, 0.05) is 14.1 Å². The summed E-state index contributed by atoms with van der Waals surface area (Å²) in [4.78, 5) is 32.1. The van der Waals surface area contributed by atoms with Crippen molar-refractivity contribution in [3.8, 4) is 5.75 Å². The van der Waals surface area contributed by atoms with E-state index in [0.29, 0.717) is 5.75 Å². The van der Waals surface area contributed by atoms with Gasteiger partial charge in [-0.3, -0.25) is 25.8 Å². The molecule has 1 aromatic carbocycles. The molecule has 0 atom stereocenters. The van der Waals surface area contributed by atoms with Gasteiger partial charge >= 0.3 is 5.69 Å². The van der Waals surface area contributed by atoms with E-state index in [4.69, 9.17) is 4.74 Å². The molecule has 2 rings (SSSR count). The number of hydrogen-bond acceptors (Lipinski definition) is 8. The zero-order valence-corrected chi connectivity index (χ0v) is 13.3. The number of methoxy groups -OCH3 is 1. The largest absolute Gasteiger partial charge is 0.496 e. The van der Waals surface area contributed by atoms with Crippen molar-refractivity contribution in [1.82, 2.24) is 15.4 Å². The molecule has 0 aliphatic rings. The van der Waals surface area contributed by atoms with Crippen LogP contribution in [0.5, 0.6) is 5.75 Å². The molecule has 1 heterocycles. The summed E-state index contributed by atoms with van der Waals surface area (Å²) in [6.07, 6.45) is 1.17. The van der Waals surface area contributed by atoms with Crippen LogP contribution in [-0.2, 0) is 0 Å². The van der Waals surface area contributed by atoms with Crippen LogP contribution in [-0.4, -0.2) is 42.0 Å². The maximum atomic E-state index is 12.2. The lowest BCUT2D eigenvalue weighted by Gasteiger charge is -2.14. The summed E-state index contributed by atoms with van der Waals surface area (Å²) >= 11 is 0. The molecular formula is C14H16N6O4. The molecule has 0 unspecified atom stereocenters. The van der Waals surface area contributed by atoms with E-state index in [1.54, 1.807) is 38.4 Å². The fourth-order valence-corrected chi connectivity index (χ4v) is 1.97. The number of ether oxygens (including phenoxy) is 1. The van der Waals surface area contributed by atoms with Gasteiger partial charge in [0.05, 0.1) is 17.6 Å². The average molecular weight is 332 g/mol. The first-order chi connectivity index (χ1) is 11.5. The predicted octanol–water partition coefficient (Wildman–Crippen LogP) is 1.22. The Balaban J connectivity index is 2.25. The topological polar surface area (TPSA) is 123 Å². The number of aromatic nitrogens is 2. The van der Waals surface area contributed by atoms with Crippen molar-refractivity contribution in [1.29, 1.82) is 0 Å². The predicted molar refractivity (Wildman–Crippen MR) is 87.1 cm³/mol. The Bertz CT molecular complexity index is 765. The molecule has 0 spiro atoms. The molecule has 24 heavy (non-hydrogen) atoms. The van der Waals surface area contributed by atoms with Crippen molar-refractivity contribution in [2.75, 3.05) is 31.5 Å². The highest BCUT2D eigenvalue weighted by atomic mass is 16.6. The summed E-state index contributed by atoms with van der Waals surface area (Å²) in [6.45, 7) is 0. The van der Waals surface area contributed by atoms with E-state index in [0.717, 1.165) is 0 Å². The maximum Gasteiger partial charge on any atom is 0.355 e. The van der Waals surface area contributed by atoms with Gasteiger partial charge in [0.2, 0.25) is 11.6 Å². The molecule has 1 aromatic heterocycles. The van der Waals surface area contributed by atoms with E-state index < -0.39 is 10.8 Å². The van der Waals surface area contributed by atoms with Crippen molar-refractivity contribution < 1.29 is 14.5 Å². The molecule has 0 radical (unpaired) electrons. The third-order valence-electron chi connectivity index (χ3n) is 3.06. The fourth-order valence-electron chi connectivity index (χ4n) is 1.97. The Morgan fingerprint density at radius 1 is 1.29 bits per heavy atom. The second kappa shape index (κ2) is 7.22. The van der Waals surface area contributed by atoms with Crippen LogP contribution in [0.15, 0.2) is 30.6 Å². The van der Waals surface area contributed by atoms with Gasteiger partial charge in [-0.05, 0) is 12.1 Å². The molecule has 10 heteroatoms. The summed E-state index contributed by atoms with van der Waals surface area (Å²) in [5.74, 6) is -0.152. The number of hydrogen-bond donors (Lipinski definition) is 2. The minimum atomic E-state index is -0.618. The lowest BCUT2D eigenvalue weighted by molar-refractivity contribution is -0.383. The molecule has 0 fully saturated rings. The molecule has 1 amide bonds. The normalized spacial score (nSPS) is 9.96. The average Bonchev–Trinajstić information content (AvgIpc) is 2.58. The van der Waals surface area contributed by atoms with Gasteiger partial charge in [0.1, 0.15) is 12.1 Å². The fraction of sp³-hybridized carbons (Fsp3) is 0.214. The third kappa shape index (κ3) is 3.48. The number of nitro groups is 1. The summed E-state index contributed by atoms with van der Waals surface area (Å²) in [6, 6.07) is 6.60. The Kier molecular flexibility index (Phi) is 5.09. The van der Waals surface area contributed by atoms with Crippen LogP contribution in [0.25, 0.3) is 0 Å². The van der Waals surface area contributed by atoms with Crippen LogP contribution in [0.4, 0.5) is 17.3 Å². The number of carbonyl (C=O) groups is 1. The number of hydrazine groups is 1. The summed E-state index contributed by atoms with van der Waals surface area (Å²) in [7, 11) is 4.68. The van der Waals surface area contributed by atoms with Gasteiger partial charge in [-0.1, -0.05) is 12.1 Å². The van der Waals surface area contributed by atoms with Gasteiger partial charge in [0.15, 0.2) is 0 Å². The monoisotopic (exact) mass is 332 g/mol. The first-order valence-electron chi connectivity index (χ1n) is 6.81. The van der Waals surface area contributed by atoms with E-state index >= 15 is 0 Å². The highest BCUT2D eigenvalue weighted by Gasteiger charge is 2.24. The molecule has 0 aliphatic heterocycles. The van der Waals surface area contributed by atoms with Crippen LogP contribution in [0.2, 0.25) is 0 Å². The van der Waals surface area contributed by atoms with E-state index in [9.17, 15) is 14.9 Å². The quantitative estimate of drug-likeness (QED) is 0.598. The van der Waals surface area contributed by atoms with E-state index in [-0.39, 0.29) is 22.9 Å². The minimum Gasteiger partial charge on any atom is -0.496 e. The van der Waals surface area contributed by atoms with Gasteiger partial charge in [-0.15, -0.1) is 0 Å². The molecule has 0 aliphatic carbocycles. The van der Waals surface area contributed by atoms with E-state index in [1.165, 1.54) is 18.3 Å². The third-order valence-corrected chi connectivity index (χ3v) is 3.06. The first-order valence-corrected chi connectivity index (χ1v) is 6.81. The Morgan fingerprint density at radius 3 is 2.62 bits per heavy atom. The molecule has 0 saturated carbocycles. The van der Waals surface area contributed by atoms with Crippen LogP contribution >= 0.6 is 0 Å². The minimum absolute atomic E-state index is 0.115. The van der Waals surface area contributed by atoms with Gasteiger partial charge in [-0.2, -0.15) is 0 Å². The summed E-state index contributed by atoms with van der Waals surface area (Å²) in [5, 5.41) is 11.3. The zero-order chi connectivity index (χ0) is 17.7. The smallest absolute Gasteiger partial charge is 0.355 e. The van der Waals surface area contributed by atoms with Crippen LogP contribution in [0.1, 0.15) is 10.4 Å². The molecule has 10 nitrogen and oxygen atoms in total. The van der Waals surface area contributed by atoms with E-state index in [1.807, 2.05) is 0 Å². The van der Waals surface area contributed by atoms with E-state index in [2.05, 4.69) is 20.8 Å². The van der Waals surface area contributed by atoms with Gasteiger partial charge in [-0.25, -0.2) is 9.97 Å². The van der Waals surface area contributed by atoms with Crippen molar-refractivity contribution in [2.24, 2.45) is 0 Å². The standard InChI is InChI=1S/C14H16N6O4/c1-19(2)13-11(20(22)23)12(15-8-16-13)17-18-14(21)9-6-4-5-7-10(9)24-3/h4-8H,1-3H3,(H,18,21)(H,15,16,17). The van der Waals surface area contributed by atoms with Gasteiger partial charge < -0.3 is 9.64 Å². The number of nitrogens with zero attached hydrogens (tertiary/aromatic N) is 4. The van der Waals surface area contributed by atoms with Gasteiger partial charge in [0.25, 0.3) is 5.91 Å². The van der Waals surface area contributed by atoms with Crippen LogP contribution < -0.4 is 20.5 Å². The number of benzene rings is 1. The van der Waals surface area contributed by atoms with Crippen molar-refractivity contribution in [3.05, 3.63) is 46.3 Å². The van der Waals surface area contributed by atoms with Crippen LogP contribution in [0.3, 0.4) is 0 Å². The number of rotatable bonds is 6. The lowest BCUT2D eigenvalue weighted by atomic mass is 10.2. The summed E-state index contributed by atoms with van der Waals surface area (Å²) in [5.41, 5.74) is 4.76. The SMILES string of the molecule is COc1ccccc1C(=O)NNc1ncnc(N(C)C)c1[N+](=O)[O-]. The Hall–Kier alpha value is -3.43. The Labute approximate surface area is 137 Å². The lowest BCUT2D eigenvalue weighted by Crippen LogP contribution is -2.31. The first kappa shape index (κ1) is 16.9. The molecule has 0 bridgehead atoms. The number of anilines is 2. The summed E-state index contributed by atoms with van der Waals surface area (Å²) < 4.78 is 5.10. The highest BCUT2D eigenvalue weighted by molar-refractivity contribution is 5.97. The molecular weight excluding hydrogens is 316 g/mol. The zero-order valence-electron chi connectivity index (χ0n) is 13.3. The maximum absolute atomic E-state index is 12.2. The number of para-hydroxylation sites is 1. The highest BCUT2D eigenvalue weighted by Crippen LogP contribution is 2.30. The molecule has 0 saturated heterocycles. The second-order valence-corrected chi connectivity index (χ2v) is 4.83. The Morgan fingerprint density at radius 2 is 2.00 bits per heavy atom.